The Kier molecular flexibility index (Phi) is 7.21. The summed E-state index contributed by atoms with van der Waals surface area (Å²) >= 11 is 0. The summed E-state index contributed by atoms with van der Waals surface area (Å²) in [5.41, 5.74) is 19.5. The third-order valence-corrected chi connectivity index (χ3v) is 15.0. The Bertz CT molecular complexity index is 4120. The second-order valence-electron chi connectivity index (χ2n) is 18.3. The number of para-hydroxylation sites is 1. The molecule has 0 bridgehead atoms. The lowest BCUT2D eigenvalue weighted by Gasteiger charge is -2.30. The molecule has 1 aromatic heterocycles. The van der Waals surface area contributed by atoms with Crippen molar-refractivity contribution in [3.63, 3.8) is 0 Å². The number of hydrogen-bond donors (Lipinski definition) is 0. The lowest BCUT2D eigenvalue weighted by atomic mass is 9.70. The fourth-order valence-electron chi connectivity index (χ4n) is 12.2. The first-order valence-corrected chi connectivity index (χ1v) is 23.0. The standard InChI is InChI=1S/C65H38O/c1-2-14-42-37-59-54(34-41(42)13-1)55-35-44-30-29-43(33-46(44)38-60(55)65(59)57-22-10-7-15-47(57)48-16-8-11-23-58(48)65)39-25-27-40(28-26-39)63-50-18-3-5-20-52(50)64(53-21-6-4-19-51(53)63)45-31-32-62-56(36-45)49-17-9-12-24-61(49)66-62/h1-38H. The maximum absolute atomic E-state index is 6.24. The number of furan rings is 1. The molecule has 0 aliphatic heterocycles. The summed E-state index contributed by atoms with van der Waals surface area (Å²) in [5.74, 6) is 0. The van der Waals surface area contributed by atoms with Crippen molar-refractivity contribution in [2.75, 3.05) is 0 Å². The summed E-state index contributed by atoms with van der Waals surface area (Å²) in [6.45, 7) is 0. The molecule has 1 spiro atoms. The Morgan fingerprint density at radius 3 is 1.35 bits per heavy atom. The molecule has 13 aromatic rings. The third-order valence-electron chi connectivity index (χ3n) is 15.0. The lowest BCUT2D eigenvalue weighted by molar-refractivity contribution is 0.669. The summed E-state index contributed by atoms with van der Waals surface area (Å²) in [6.07, 6.45) is 0. The van der Waals surface area contributed by atoms with E-state index in [1.165, 1.54) is 121 Å². The summed E-state index contributed by atoms with van der Waals surface area (Å²) < 4.78 is 6.24. The highest BCUT2D eigenvalue weighted by atomic mass is 16.3. The topological polar surface area (TPSA) is 13.1 Å². The monoisotopic (exact) mass is 834 g/mol. The molecule has 0 saturated carbocycles. The Morgan fingerprint density at radius 1 is 0.242 bits per heavy atom. The maximum Gasteiger partial charge on any atom is 0.135 e. The van der Waals surface area contributed by atoms with Crippen molar-refractivity contribution in [2.24, 2.45) is 0 Å². The van der Waals surface area contributed by atoms with Crippen molar-refractivity contribution in [3.8, 4) is 55.6 Å². The predicted octanol–water partition coefficient (Wildman–Crippen LogP) is 17.5. The van der Waals surface area contributed by atoms with Gasteiger partial charge in [-0.1, -0.05) is 182 Å². The zero-order valence-electron chi connectivity index (χ0n) is 35.8. The van der Waals surface area contributed by atoms with Crippen LogP contribution in [0.3, 0.4) is 0 Å². The van der Waals surface area contributed by atoms with Crippen LogP contribution in [0.1, 0.15) is 22.3 Å². The minimum absolute atomic E-state index is 0.408. The van der Waals surface area contributed by atoms with Crippen LogP contribution in [0.15, 0.2) is 235 Å². The van der Waals surface area contributed by atoms with Crippen LogP contribution in [0.25, 0.3) is 121 Å². The van der Waals surface area contributed by atoms with Gasteiger partial charge in [-0.05, 0) is 170 Å². The summed E-state index contributed by atoms with van der Waals surface area (Å²) in [6, 6.07) is 86.0. The van der Waals surface area contributed by atoms with Gasteiger partial charge >= 0.3 is 0 Å². The van der Waals surface area contributed by atoms with Gasteiger partial charge in [0.2, 0.25) is 0 Å². The van der Waals surface area contributed by atoms with Crippen LogP contribution in [0.4, 0.5) is 0 Å². The molecule has 15 rings (SSSR count). The van der Waals surface area contributed by atoms with Crippen molar-refractivity contribution < 1.29 is 4.42 Å². The normalized spacial score (nSPS) is 13.3. The molecule has 1 heteroatoms. The minimum atomic E-state index is -0.408. The molecular formula is C65H38O. The van der Waals surface area contributed by atoms with Crippen LogP contribution in [-0.4, -0.2) is 0 Å². The second kappa shape index (κ2) is 13.3. The molecule has 66 heavy (non-hydrogen) atoms. The highest BCUT2D eigenvalue weighted by molar-refractivity contribution is 6.22. The molecule has 0 atom stereocenters. The van der Waals surface area contributed by atoms with E-state index < -0.39 is 5.41 Å². The van der Waals surface area contributed by atoms with Crippen LogP contribution in [-0.2, 0) is 5.41 Å². The molecule has 304 valence electrons. The van der Waals surface area contributed by atoms with Gasteiger partial charge in [-0.15, -0.1) is 0 Å². The molecule has 2 aliphatic rings. The quantitative estimate of drug-likeness (QED) is 0.162. The van der Waals surface area contributed by atoms with E-state index in [0.29, 0.717) is 0 Å². The zero-order chi connectivity index (χ0) is 43.1. The fourth-order valence-corrected chi connectivity index (χ4v) is 12.2. The van der Waals surface area contributed by atoms with Crippen molar-refractivity contribution in [3.05, 3.63) is 253 Å². The van der Waals surface area contributed by atoms with E-state index >= 15 is 0 Å². The molecule has 0 amide bonds. The summed E-state index contributed by atoms with van der Waals surface area (Å²) in [7, 11) is 0. The number of rotatable bonds is 3. The Hall–Kier alpha value is -8.52. The largest absolute Gasteiger partial charge is 0.456 e. The number of benzene rings is 12. The zero-order valence-corrected chi connectivity index (χ0v) is 35.8. The lowest BCUT2D eigenvalue weighted by Crippen LogP contribution is -2.25. The van der Waals surface area contributed by atoms with Crippen LogP contribution >= 0.6 is 0 Å². The predicted molar refractivity (Wildman–Crippen MR) is 276 cm³/mol. The average molecular weight is 835 g/mol. The first-order chi connectivity index (χ1) is 32.7. The molecule has 0 radical (unpaired) electrons. The Balaban J connectivity index is 0.880. The van der Waals surface area contributed by atoms with Crippen molar-refractivity contribution in [1.82, 2.24) is 0 Å². The van der Waals surface area contributed by atoms with Gasteiger partial charge in [-0.25, -0.2) is 0 Å². The third kappa shape index (κ3) is 4.79. The molecule has 1 nitrogen and oxygen atoms in total. The van der Waals surface area contributed by atoms with Gasteiger partial charge in [-0.2, -0.15) is 0 Å². The van der Waals surface area contributed by atoms with E-state index in [4.69, 9.17) is 4.42 Å². The maximum atomic E-state index is 6.24. The van der Waals surface area contributed by atoms with Crippen LogP contribution in [0.2, 0.25) is 0 Å². The van der Waals surface area contributed by atoms with Gasteiger partial charge in [0, 0.05) is 10.8 Å². The molecule has 0 unspecified atom stereocenters. The minimum Gasteiger partial charge on any atom is -0.456 e. The summed E-state index contributed by atoms with van der Waals surface area (Å²) in [5, 5.41) is 12.3. The van der Waals surface area contributed by atoms with Gasteiger partial charge in [0.05, 0.1) is 5.41 Å². The molecule has 0 N–H and O–H groups in total. The molecule has 12 aromatic carbocycles. The molecule has 0 fully saturated rings. The van der Waals surface area contributed by atoms with Crippen molar-refractivity contribution in [2.45, 2.75) is 5.41 Å². The van der Waals surface area contributed by atoms with Crippen molar-refractivity contribution in [1.29, 1.82) is 0 Å². The van der Waals surface area contributed by atoms with Gasteiger partial charge < -0.3 is 4.42 Å². The SMILES string of the molecule is c1ccc2c(c1)-c1ccccc1C21c2cc3ccccc3cc2-c2cc3ccc(-c4ccc(-c5c6ccccc6c(-c6ccc7oc8ccccc8c7c6)c6ccccc56)cc4)cc3cc21. The number of fused-ring (bicyclic) bond motifs is 17. The van der Waals surface area contributed by atoms with Gasteiger partial charge in [0.25, 0.3) is 0 Å². The molecule has 0 saturated heterocycles. The van der Waals surface area contributed by atoms with E-state index in [2.05, 4.69) is 224 Å². The van der Waals surface area contributed by atoms with E-state index in [-0.39, 0.29) is 0 Å². The van der Waals surface area contributed by atoms with Gasteiger partial charge in [0.1, 0.15) is 11.2 Å². The fraction of sp³-hybridized carbons (Fsp3) is 0.0154. The highest BCUT2D eigenvalue weighted by Gasteiger charge is 2.51. The van der Waals surface area contributed by atoms with Crippen molar-refractivity contribution >= 4 is 65.0 Å². The van der Waals surface area contributed by atoms with Crippen LogP contribution in [0, 0.1) is 0 Å². The molecule has 2 aliphatic carbocycles. The Morgan fingerprint density at radius 2 is 0.697 bits per heavy atom. The Labute approximate surface area is 381 Å². The average Bonchev–Trinajstić information content (AvgIpc) is 3.99. The second-order valence-corrected chi connectivity index (χ2v) is 18.3. The van der Waals surface area contributed by atoms with Crippen LogP contribution in [0.5, 0.6) is 0 Å². The molecular weight excluding hydrogens is 797 g/mol. The first-order valence-electron chi connectivity index (χ1n) is 23.0. The smallest absolute Gasteiger partial charge is 0.135 e. The summed E-state index contributed by atoms with van der Waals surface area (Å²) in [4.78, 5) is 0. The molecule has 1 heterocycles. The first kappa shape index (κ1) is 35.9. The van der Waals surface area contributed by atoms with E-state index in [1.54, 1.807) is 0 Å². The number of hydrogen-bond acceptors (Lipinski definition) is 1. The van der Waals surface area contributed by atoms with E-state index in [9.17, 15) is 0 Å². The van der Waals surface area contributed by atoms with Crippen LogP contribution < -0.4 is 0 Å². The van der Waals surface area contributed by atoms with E-state index in [1.807, 2.05) is 6.07 Å². The van der Waals surface area contributed by atoms with E-state index in [0.717, 1.165) is 21.9 Å². The highest BCUT2D eigenvalue weighted by Crippen LogP contribution is 2.63. The van der Waals surface area contributed by atoms with Gasteiger partial charge in [-0.3, -0.25) is 0 Å². The van der Waals surface area contributed by atoms with Gasteiger partial charge in [0.15, 0.2) is 0 Å².